The van der Waals surface area contributed by atoms with Crippen LogP contribution >= 0.6 is 0 Å². The van der Waals surface area contributed by atoms with Crippen molar-refractivity contribution in [3.63, 3.8) is 0 Å². The lowest BCUT2D eigenvalue weighted by molar-refractivity contribution is 0.102. The topological polar surface area (TPSA) is 64.4 Å². The van der Waals surface area contributed by atoms with Crippen molar-refractivity contribution >= 4 is 22.7 Å². The average molecular weight is 372 g/mol. The number of para-hydroxylation sites is 2. The molecule has 0 unspecified atom stereocenters. The van der Waals surface area contributed by atoms with E-state index in [-0.39, 0.29) is 12.0 Å². The van der Waals surface area contributed by atoms with Gasteiger partial charge >= 0.3 is 0 Å². The molecule has 3 aromatic carbocycles. The number of benzene rings is 3. The summed E-state index contributed by atoms with van der Waals surface area (Å²) in [4.78, 5) is 17.1. The van der Waals surface area contributed by atoms with E-state index in [2.05, 4.69) is 10.3 Å². The summed E-state index contributed by atoms with van der Waals surface area (Å²) in [6, 6.07) is 22.2. The summed E-state index contributed by atoms with van der Waals surface area (Å²) in [5, 5.41) is 2.92. The fraction of sp³-hybridized carbons (Fsp3) is 0.130. The molecule has 1 amide bonds. The molecule has 0 atom stereocenters. The first-order valence-corrected chi connectivity index (χ1v) is 9.12. The van der Waals surface area contributed by atoms with Crippen LogP contribution in [0.1, 0.15) is 24.2 Å². The fourth-order valence-electron chi connectivity index (χ4n) is 2.91. The molecule has 0 aliphatic heterocycles. The molecular formula is C23H20N2O3. The number of nitrogens with one attached hydrogen (secondary N) is 1. The molecule has 0 saturated carbocycles. The molecular weight excluding hydrogens is 352 g/mol. The second-order valence-corrected chi connectivity index (χ2v) is 6.72. The van der Waals surface area contributed by atoms with Gasteiger partial charge in [0.15, 0.2) is 5.58 Å². The van der Waals surface area contributed by atoms with Crippen LogP contribution in [-0.4, -0.2) is 17.0 Å². The lowest BCUT2D eigenvalue weighted by atomic mass is 10.1. The predicted octanol–water partition coefficient (Wildman–Crippen LogP) is 5.53. The number of rotatable bonds is 5. The van der Waals surface area contributed by atoms with Gasteiger partial charge in [-0.25, -0.2) is 4.98 Å². The minimum absolute atomic E-state index is 0.0475. The summed E-state index contributed by atoms with van der Waals surface area (Å²) < 4.78 is 11.5. The third kappa shape index (κ3) is 3.88. The number of oxazole rings is 1. The van der Waals surface area contributed by atoms with Crippen molar-refractivity contribution in [2.75, 3.05) is 5.32 Å². The van der Waals surface area contributed by atoms with E-state index in [4.69, 9.17) is 9.15 Å². The van der Waals surface area contributed by atoms with Crippen LogP contribution in [0.4, 0.5) is 5.69 Å². The highest BCUT2D eigenvalue weighted by Gasteiger charge is 2.11. The summed E-state index contributed by atoms with van der Waals surface area (Å²) >= 11 is 0. The minimum atomic E-state index is -0.205. The van der Waals surface area contributed by atoms with E-state index in [1.54, 1.807) is 18.2 Å². The standard InChI is InChI=1S/C23H20N2O3/c1-15(2)27-19-10-6-7-16(14-19)22(26)24-18-9-5-8-17(13-18)23-25-20-11-3-4-12-21(20)28-23/h3-15H,1-2H3,(H,24,26). The van der Waals surface area contributed by atoms with Crippen LogP contribution in [0.2, 0.25) is 0 Å². The summed E-state index contributed by atoms with van der Waals surface area (Å²) in [7, 11) is 0. The van der Waals surface area contributed by atoms with Gasteiger partial charge in [-0.2, -0.15) is 0 Å². The predicted molar refractivity (Wildman–Crippen MR) is 110 cm³/mol. The van der Waals surface area contributed by atoms with Crippen LogP contribution in [0.25, 0.3) is 22.6 Å². The Morgan fingerprint density at radius 2 is 1.82 bits per heavy atom. The number of anilines is 1. The van der Waals surface area contributed by atoms with E-state index >= 15 is 0 Å². The van der Waals surface area contributed by atoms with Crippen LogP contribution in [0.15, 0.2) is 77.2 Å². The first-order valence-electron chi connectivity index (χ1n) is 9.12. The van der Waals surface area contributed by atoms with E-state index in [0.717, 1.165) is 16.7 Å². The number of carbonyl (C=O) groups is 1. The quantitative estimate of drug-likeness (QED) is 0.500. The number of amides is 1. The Balaban J connectivity index is 1.55. The van der Waals surface area contributed by atoms with Crippen LogP contribution in [0, 0.1) is 0 Å². The normalized spacial score (nSPS) is 11.0. The Hall–Kier alpha value is -3.60. The van der Waals surface area contributed by atoms with Gasteiger partial charge in [0, 0.05) is 16.8 Å². The first-order chi connectivity index (χ1) is 13.6. The molecule has 140 valence electrons. The number of hydrogen-bond acceptors (Lipinski definition) is 4. The highest BCUT2D eigenvalue weighted by Crippen LogP contribution is 2.26. The van der Waals surface area contributed by atoms with Gasteiger partial charge in [0.1, 0.15) is 11.3 Å². The van der Waals surface area contributed by atoms with E-state index in [1.807, 2.05) is 68.4 Å². The Morgan fingerprint density at radius 1 is 1.00 bits per heavy atom. The molecule has 1 N–H and O–H groups in total. The number of carbonyl (C=O) groups excluding carboxylic acids is 1. The Kier molecular flexibility index (Phi) is 4.81. The molecule has 0 radical (unpaired) electrons. The van der Waals surface area contributed by atoms with E-state index in [1.165, 1.54) is 0 Å². The van der Waals surface area contributed by atoms with Crippen molar-refractivity contribution in [1.29, 1.82) is 0 Å². The minimum Gasteiger partial charge on any atom is -0.491 e. The molecule has 4 rings (SSSR count). The molecule has 0 aliphatic rings. The maximum absolute atomic E-state index is 12.6. The van der Waals surface area contributed by atoms with Gasteiger partial charge in [0.25, 0.3) is 5.91 Å². The molecule has 28 heavy (non-hydrogen) atoms. The van der Waals surface area contributed by atoms with Gasteiger partial charge in [-0.1, -0.05) is 24.3 Å². The second-order valence-electron chi connectivity index (χ2n) is 6.72. The van der Waals surface area contributed by atoms with E-state index in [9.17, 15) is 4.79 Å². The average Bonchev–Trinajstić information content (AvgIpc) is 3.12. The smallest absolute Gasteiger partial charge is 0.255 e. The van der Waals surface area contributed by atoms with Crippen molar-refractivity contribution in [2.24, 2.45) is 0 Å². The zero-order valence-electron chi connectivity index (χ0n) is 15.7. The second kappa shape index (κ2) is 7.56. The molecule has 1 heterocycles. The zero-order valence-corrected chi connectivity index (χ0v) is 15.7. The van der Waals surface area contributed by atoms with Crippen molar-refractivity contribution in [1.82, 2.24) is 4.98 Å². The van der Waals surface area contributed by atoms with Gasteiger partial charge in [-0.15, -0.1) is 0 Å². The fourth-order valence-corrected chi connectivity index (χ4v) is 2.91. The molecule has 0 aliphatic carbocycles. The number of ether oxygens (including phenoxy) is 1. The van der Waals surface area contributed by atoms with E-state index < -0.39 is 0 Å². The van der Waals surface area contributed by atoms with Gasteiger partial charge in [0.05, 0.1) is 6.10 Å². The SMILES string of the molecule is CC(C)Oc1cccc(C(=O)Nc2cccc(-c3nc4ccccc4o3)c2)c1. The van der Waals surface area contributed by atoms with Crippen LogP contribution in [0.5, 0.6) is 5.75 Å². The van der Waals surface area contributed by atoms with Crippen molar-refractivity contribution in [3.05, 3.63) is 78.4 Å². The maximum Gasteiger partial charge on any atom is 0.255 e. The summed E-state index contributed by atoms with van der Waals surface area (Å²) in [5.74, 6) is 0.983. The Morgan fingerprint density at radius 3 is 2.64 bits per heavy atom. The molecule has 4 aromatic rings. The summed E-state index contributed by atoms with van der Waals surface area (Å²) in [6.45, 7) is 3.90. The Labute approximate surface area is 163 Å². The monoisotopic (exact) mass is 372 g/mol. The van der Waals surface area contributed by atoms with E-state index in [0.29, 0.717) is 22.9 Å². The van der Waals surface area contributed by atoms with Crippen LogP contribution in [0.3, 0.4) is 0 Å². The zero-order chi connectivity index (χ0) is 19.5. The Bertz CT molecular complexity index is 1100. The summed E-state index contributed by atoms with van der Waals surface area (Å²) in [5.41, 5.74) is 3.53. The lowest BCUT2D eigenvalue weighted by Gasteiger charge is -2.11. The molecule has 1 aromatic heterocycles. The number of nitrogens with zero attached hydrogens (tertiary/aromatic N) is 1. The molecule has 5 heteroatoms. The van der Waals surface area contributed by atoms with Gasteiger partial charge < -0.3 is 14.5 Å². The molecule has 0 saturated heterocycles. The number of hydrogen-bond donors (Lipinski definition) is 1. The number of fused-ring (bicyclic) bond motifs is 1. The largest absolute Gasteiger partial charge is 0.491 e. The summed E-state index contributed by atoms with van der Waals surface area (Å²) in [6.07, 6.45) is 0.0475. The molecule has 0 bridgehead atoms. The highest BCUT2D eigenvalue weighted by atomic mass is 16.5. The lowest BCUT2D eigenvalue weighted by Crippen LogP contribution is -2.12. The number of aromatic nitrogens is 1. The molecule has 5 nitrogen and oxygen atoms in total. The van der Waals surface area contributed by atoms with Gasteiger partial charge in [-0.05, 0) is 62.4 Å². The molecule has 0 spiro atoms. The van der Waals surface area contributed by atoms with Crippen molar-refractivity contribution < 1.29 is 13.9 Å². The first kappa shape index (κ1) is 17.8. The van der Waals surface area contributed by atoms with Gasteiger partial charge in [-0.3, -0.25) is 4.79 Å². The highest BCUT2D eigenvalue weighted by molar-refractivity contribution is 6.04. The van der Waals surface area contributed by atoms with Gasteiger partial charge in [0.2, 0.25) is 5.89 Å². The van der Waals surface area contributed by atoms with Crippen molar-refractivity contribution in [3.8, 4) is 17.2 Å². The van der Waals surface area contributed by atoms with Crippen LogP contribution < -0.4 is 10.1 Å². The van der Waals surface area contributed by atoms with Crippen LogP contribution in [-0.2, 0) is 0 Å². The maximum atomic E-state index is 12.6. The molecule has 0 fully saturated rings. The van der Waals surface area contributed by atoms with Crippen molar-refractivity contribution in [2.45, 2.75) is 20.0 Å². The third-order valence-corrected chi connectivity index (χ3v) is 4.13. The third-order valence-electron chi connectivity index (χ3n) is 4.13.